The van der Waals surface area contributed by atoms with Crippen LogP contribution in [0.1, 0.15) is 21.5 Å². The molecule has 2 rings (SSSR count). The molecule has 1 heterocycles. The summed E-state index contributed by atoms with van der Waals surface area (Å²) in [4.78, 5) is 50.5. The van der Waals surface area contributed by atoms with Crippen LogP contribution in [0.3, 0.4) is 0 Å². The lowest BCUT2D eigenvalue weighted by Gasteiger charge is -2.17. The molecule has 0 unspecified atom stereocenters. The second kappa shape index (κ2) is 8.22. The molecule has 2 aromatic rings. The molecule has 150 valence electrons. The largest absolute Gasteiger partial charge is 0.384 e. The van der Waals surface area contributed by atoms with Crippen LogP contribution in [0.4, 0.5) is 11.5 Å². The minimum atomic E-state index is -0.751. The Hall–Kier alpha value is -3.20. The van der Waals surface area contributed by atoms with Crippen LogP contribution in [0.2, 0.25) is 0 Å². The number of anilines is 2. The predicted octanol–water partition coefficient (Wildman–Crippen LogP) is 0.0362. The minimum absolute atomic E-state index is 0.0505. The molecule has 0 aliphatic rings. The van der Waals surface area contributed by atoms with Gasteiger partial charge in [-0.25, -0.2) is 4.79 Å². The highest BCUT2D eigenvalue weighted by atomic mass is 16.2. The number of nitrogen functional groups attached to an aromatic ring is 1. The fourth-order valence-corrected chi connectivity index (χ4v) is 2.82. The molecule has 0 saturated heterocycles. The first-order chi connectivity index (χ1) is 13.0. The number of amides is 1. The van der Waals surface area contributed by atoms with Crippen LogP contribution >= 0.6 is 0 Å². The predicted molar refractivity (Wildman–Crippen MR) is 108 cm³/mol. The van der Waals surface area contributed by atoms with Gasteiger partial charge in [0.15, 0.2) is 5.78 Å². The number of likely N-dealkylation sites (N-methyl/N-ethyl adjacent to an activating group) is 1. The molecule has 0 aliphatic heterocycles. The van der Waals surface area contributed by atoms with Crippen LogP contribution in [-0.4, -0.2) is 45.9 Å². The van der Waals surface area contributed by atoms with Gasteiger partial charge in [-0.3, -0.25) is 28.4 Å². The number of aromatic nitrogens is 2. The van der Waals surface area contributed by atoms with Gasteiger partial charge < -0.3 is 11.1 Å². The lowest BCUT2D eigenvalue weighted by molar-refractivity contribution is -0.116. The molecule has 0 atom stereocenters. The van der Waals surface area contributed by atoms with Gasteiger partial charge in [-0.05, 0) is 38.1 Å². The molecule has 1 aromatic carbocycles. The molecule has 28 heavy (non-hydrogen) atoms. The molecule has 9 nitrogen and oxygen atoms in total. The summed E-state index contributed by atoms with van der Waals surface area (Å²) in [7, 11) is 4.25. The maximum atomic E-state index is 12.6. The number of hydrogen-bond acceptors (Lipinski definition) is 6. The zero-order chi connectivity index (χ0) is 21.2. The summed E-state index contributed by atoms with van der Waals surface area (Å²) in [5.74, 6) is -1.03. The number of nitrogens with one attached hydrogen (secondary N) is 1. The highest BCUT2D eigenvalue weighted by molar-refractivity contribution is 6.01. The van der Waals surface area contributed by atoms with Crippen molar-refractivity contribution >= 4 is 23.2 Å². The third kappa shape index (κ3) is 4.20. The van der Waals surface area contributed by atoms with Gasteiger partial charge in [0.2, 0.25) is 5.91 Å². The fourth-order valence-electron chi connectivity index (χ4n) is 2.82. The topological polar surface area (TPSA) is 119 Å². The Kier molecular flexibility index (Phi) is 6.19. The molecular formula is C19H25N5O4. The van der Waals surface area contributed by atoms with Gasteiger partial charge in [0.05, 0.1) is 13.1 Å². The molecule has 0 bridgehead atoms. The van der Waals surface area contributed by atoms with Crippen LogP contribution < -0.4 is 22.3 Å². The third-order valence-corrected chi connectivity index (χ3v) is 4.69. The molecule has 3 N–H and O–H groups in total. The maximum Gasteiger partial charge on any atom is 0.332 e. The number of rotatable bonds is 6. The van der Waals surface area contributed by atoms with Crippen LogP contribution in [0, 0.1) is 13.8 Å². The Morgan fingerprint density at radius 1 is 1.11 bits per heavy atom. The quantitative estimate of drug-likeness (QED) is 0.675. The van der Waals surface area contributed by atoms with E-state index >= 15 is 0 Å². The highest BCUT2D eigenvalue weighted by Gasteiger charge is 2.22. The number of carbonyl (C=O) groups excluding carboxylic acids is 2. The second-order valence-corrected chi connectivity index (χ2v) is 6.86. The summed E-state index contributed by atoms with van der Waals surface area (Å²) in [6, 6.07) is 5.61. The van der Waals surface area contributed by atoms with Crippen molar-refractivity contribution in [2.75, 3.05) is 31.2 Å². The van der Waals surface area contributed by atoms with Crippen molar-refractivity contribution in [3.63, 3.8) is 0 Å². The van der Waals surface area contributed by atoms with E-state index in [1.165, 1.54) is 19.0 Å². The SMILES string of the molecule is Cc1cccc(NC(=O)CN(C)CC(=O)c2c(N)n(C)c(=O)n(C)c2=O)c1C. The monoisotopic (exact) mass is 387 g/mol. The van der Waals surface area contributed by atoms with Crippen molar-refractivity contribution in [3.8, 4) is 0 Å². The fraction of sp³-hybridized carbons (Fsp3) is 0.368. The van der Waals surface area contributed by atoms with Crippen LogP contribution in [0.25, 0.3) is 0 Å². The van der Waals surface area contributed by atoms with E-state index in [1.807, 2.05) is 26.0 Å². The van der Waals surface area contributed by atoms with E-state index in [0.717, 1.165) is 20.3 Å². The smallest absolute Gasteiger partial charge is 0.332 e. The standard InChI is InChI=1S/C19H25N5O4/c1-11-7-6-8-13(12(11)2)21-15(26)10-22(3)9-14(25)16-17(20)23(4)19(28)24(5)18(16)27/h6-8H,9-10,20H2,1-5H3,(H,21,26). The summed E-state index contributed by atoms with van der Waals surface area (Å²) in [6.07, 6.45) is 0. The number of nitrogens with two attached hydrogens (primary N) is 1. The van der Waals surface area contributed by atoms with Crippen molar-refractivity contribution < 1.29 is 9.59 Å². The Labute approximate surface area is 162 Å². The van der Waals surface area contributed by atoms with Crippen molar-refractivity contribution in [1.29, 1.82) is 0 Å². The van der Waals surface area contributed by atoms with Crippen LogP contribution in [0.5, 0.6) is 0 Å². The molecule has 0 aliphatic carbocycles. The van der Waals surface area contributed by atoms with Crippen molar-refractivity contribution in [2.45, 2.75) is 13.8 Å². The van der Waals surface area contributed by atoms with E-state index in [9.17, 15) is 19.2 Å². The first kappa shape index (κ1) is 21.1. The van der Waals surface area contributed by atoms with Gasteiger partial charge in [-0.15, -0.1) is 0 Å². The molecule has 0 spiro atoms. The summed E-state index contributed by atoms with van der Waals surface area (Å²) in [5, 5.41) is 2.82. The molecular weight excluding hydrogens is 362 g/mol. The molecule has 9 heteroatoms. The van der Waals surface area contributed by atoms with E-state index in [-0.39, 0.29) is 30.4 Å². The number of nitrogens with zero attached hydrogens (tertiary/aromatic N) is 3. The first-order valence-electron chi connectivity index (χ1n) is 8.67. The zero-order valence-electron chi connectivity index (χ0n) is 16.7. The van der Waals surface area contributed by atoms with Gasteiger partial charge >= 0.3 is 5.69 Å². The zero-order valence-corrected chi connectivity index (χ0v) is 16.7. The molecule has 1 amide bonds. The van der Waals surface area contributed by atoms with E-state index < -0.39 is 17.0 Å². The number of aryl methyl sites for hydroxylation is 1. The normalized spacial score (nSPS) is 10.9. The Morgan fingerprint density at radius 2 is 1.75 bits per heavy atom. The Balaban J connectivity index is 2.11. The second-order valence-electron chi connectivity index (χ2n) is 6.86. The van der Waals surface area contributed by atoms with Gasteiger partial charge in [0.25, 0.3) is 5.56 Å². The number of Topliss-reactive ketones (excluding diaryl/α,β-unsaturated/α-hetero) is 1. The van der Waals surface area contributed by atoms with Crippen LogP contribution in [-0.2, 0) is 18.9 Å². The number of ketones is 1. The molecule has 0 radical (unpaired) electrons. The van der Waals surface area contributed by atoms with E-state index in [0.29, 0.717) is 5.69 Å². The summed E-state index contributed by atoms with van der Waals surface area (Å²) in [6.45, 7) is 3.62. The lowest BCUT2D eigenvalue weighted by Crippen LogP contribution is -2.43. The van der Waals surface area contributed by atoms with Gasteiger partial charge in [-0.2, -0.15) is 0 Å². The van der Waals surface area contributed by atoms with Crippen LogP contribution in [0.15, 0.2) is 27.8 Å². The van der Waals surface area contributed by atoms with Gasteiger partial charge in [0.1, 0.15) is 11.4 Å². The van der Waals surface area contributed by atoms with E-state index in [1.54, 1.807) is 13.1 Å². The summed E-state index contributed by atoms with van der Waals surface area (Å²) >= 11 is 0. The molecule has 1 aromatic heterocycles. The highest BCUT2D eigenvalue weighted by Crippen LogP contribution is 2.17. The number of hydrogen-bond donors (Lipinski definition) is 2. The Morgan fingerprint density at radius 3 is 2.39 bits per heavy atom. The number of benzene rings is 1. The lowest BCUT2D eigenvalue weighted by atomic mass is 10.1. The van der Waals surface area contributed by atoms with Gasteiger partial charge in [0, 0.05) is 19.8 Å². The van der Waals surface area contributed by atoms with Crippen molar-refractivity contribution in [2.24, 2.45) is 14.1 Å². The minimum Gasteiger partial charge on any atom is -0.384 e. The van der Waals surface area contributed by atoms with E-state index in [4.69, 9.17) is 5.73 Å². The third-order valence-electron chi connectivity index (χ3n) is 4.69. The molecule has 0 saturated carbocycles. The average molecular weight is 387 g/mol. The van der Waals surface area contributed by atoms with Gasteiger partial charge in [-0.1, -0.05) is 12.1 Å². The van der Waals surface area contributed by atoms with Crippen molar-refractivity contribution in [1.82, 2.24) is 14.0 Å². The number of carbonyl (C=O) groups is 2. The summed E-state index contributed by atoms with van der Waals surface area (Å²) < 4.78 is 1.87. The maximum absolute atomic E-state index is 12.6. The Bertz CT molecular complexity index is 1050. The average Bonchev–Trinajstić information content (AvgIpc) is 2.62. The molecule has 0 fully saturated rings. The first-order valence-corrected chi connectivity index (χ1v) is 8.67. The van der Waals surface area contributed by atoms with E-state index in [2.05, 4.69) is 5.32 Å². The summed E-state index contributed by atoms with van der Waals surface area (Å²) in [5.41, 5.74) is 6.91. The van der Waals surface area contributed by atoms with Crippen molar-refractivity contribution in [3.05, 3.63) is 55.7 Å².